The van der Waals surface area contributed by atoms with Crippen molar-refractivity contribution in [1.29, 1.82) is 0 Å². The maximum absolute atomic E-state index is 12.7. The molecule has 0 bridgehead atoms. The summed E-state index contributed by atoms with van der Waals surface area (Å²) in [5.74, 6) is -1.90. The Balaban J connectivity index is 2.10. The van der Waals surface area contributed by atoms with Gasteiger partial charge in [-0.2, -0.15) is 0 Å². The lowest BCUT2D eigenvalue weighted by atomic mass is 10.1. The van der Waals surface area contributed by atoms with E-state index >= 15 is 0 Å². The first-order chi connectivity index (χ1) is 14.6. The fraction of sp³-hybridized carbons (Fsp3) is 0.333. The van der Waals surface area contributed by atoms with E-state index < -0.39 is 34.2 Å². The zero-order valence-electron chi connectivity index (χ0n) is 16.6. The smallest absolute Gasteiger partial charge is 0.326 e. The van der Waals surface area contributed by atoms with Crippen LogP contribution in [0.1, 0.15) is 28.1 Å². The van der Waals surface area contributed by atoms with Crippen molar-refractivity contribution in [3.63, 3.8) is 0 Å². The van der Waals surface area contributed by atoms with Gasteiger partial charge < -0.3 is 27.6 Å². The second-order valence-electron chi connectivity index (χ2n) is 6.61. The van der Waals surface area contributed by atoms with Gasteiger partial charge in [-0.15, -0.1) is 11.3 Å². The van der Waals surface area contributed by atoms with Gasteiger partial charge in [-0.05, 0) is 48.5 Å². The zero-order valence-corrected chi connectivity index (χ0v) is 18.2. The Labute approximate surface area is 184 Å². The van der Waals surface area contributed by atoms with Gasteiger partial charge in [0.05, 0.1) is 10.6 Å². The van der Waals surface area contributed by atoms with Gasteiger partial charge in [0.15, 0.2) is 0 Å². The van der Waals surface area contributed by atoms with Gasteiger partial charge in [0.25, 0.3) is 15.9 Å². The van der Waals surface area contributed by atoms with Crippen LogP contribution in [0, 0.1) is 0 Å². The van der Waals surface area contributed by atoms with E-state index in [-0.39, 0.29) is 28.4 Å². The molecule has 0 fully saturated rings. The summed E-state index contributed by atoms with van der Waals surface area (Å²) < 4.78 is 27.8. The summed E-state index contributed by atoms with van der Waals surface area (Å²) in [6, 6.07) is 6.40. The molecule has 0 unspecified atom stereocenters. The highest BCUT2D eigenvalue weighted by Crippen LogP contribution is 2.26. The number of anilines is 1. The van der Waals surface area contributed by atoms with Crippen molar-refractivity contribution in [1.82, 2.24) is 10.6 Å². The Kier molecular flexibility index (Phi) is 8.91. The van der Waals surface area contributed by atoms with Crippen LogP contribution >= 0.6 is 11.3 Å². The molecule has 0 aliphatic heterocycles. The minimum absolute atomic E-state index is 0.00188. The summed E-state index contributed by atoms with van der Waals surface area (Å²) in [6.45, 7) is 0.558. The molecule has 1 aromatic carbocycles. The van der Waals surface area contributed by atoms with Gasteiger partial charge >= 0.3 is 5.97 Å². The monoisotopic (exact) mass is 470 g/mol. The minimum atomic E-state index is -3.97. The number of carboxylic acids is 1. The third kappa shape index (κ3) is 7.27. The van der Waals surface area contributed by atoms with Gasteiger partial charge in [0.1, 0.15) is 17.2 Å². The molecule has 31 heavy (non-hydrogen) atoms. The number of rotatable bonds is 12. The van der Waals surface area contributed by atoms with Crippen LogP contribution < -0.4 is 32.6 Å². The molecule has 0 saturated heterocycles. The third-order valence-electron chi connectivity index (χ3n) is 4.21. The molecular formula is C18H26N6O5S2. The summed E-state index contributed by atoms with van der Waals surface area (Å²) in [6.07, 6.45) is -0.173. The molecule has 1 heterocycles. The molecule has 11 nitrogen and oxygen atoms in total. The number of hydrogen-bond donors (Lipinski definition) is 7. The molecular weight excluding hydrogens is 444 g/mol. The number of carbonyl (C=O) groups is 2. The molecule has 0 aliphatic rings. The van der Waals surface area contributed by atoms with Gasteiger partial charge in [-0.3, -0.25) is 14.8 Å². The fourth-order valence-electron chi connectivity index (χ4n) is 2.66. The maximum atomic E-state index is 12.7. The first-order valence-corrected chi connectivity index (χ1v) is 11.7. The van der Waals surface area contributed by atoms with Crippen molar-refractivity contribution in [2.75, 3.05) is 11.3 Å². The topological polar surface area (TPSA) is 203 Å². The number of benzene rings is 1. The lowest BCUT2D eigenvalue weighted by Gasteiger charge is -2.16. The summed E-state index contributed by atoms with van der Waals surface area (Å²) >= 11 is 0.990. The predicted molar refractivity (Wildman–Crippen MR) is 118 cm³/mol. The first-order valence-electron chi connectivity index (χ1n) is 9.31. The van der Waals surface area contributed by atoms with E-state index in [0.29, 0.717) is 18.5 Å². The Morgan fingerprint density at radius 3 is 2.58 bits per heavy atom. The number of carboxylic acid groups (broad SMARTS) is 1. The summed E-state index contributed by atoms with van der Waals surface area (Å²) in [5.41, 5.74) is 17.0. The number of amides is 1. The number of carbonyl (C=O) groups excluding carboxylic acids is 1. The van der Waals surface area contributed by atoms with Gasteiger partial charge in [0, 0.05) is 6.54 Å². The lowest BCUT2D eigenvalue weighted by Crippen LogP contribution is -2.46. The standard InChI is InChI=1S/C18H26N6O5S2/c19-10-11-3-1-4-12(9-11)31(28,29)24-13-6-8-30-15(13)16(25)23-14(17(26)27)5-2-7-22-18(20)21/h1,3-4,6,8-9,14,18,22,24H,2,5,7,10,19-21H2,(H,23,25)(H,26,27)/t14-/m0/s1. The van der Waals surface area contributed by atoms with Gasteiger partial charge in [0.2, 0.25) is 0 Å². The van der Waals surface area contributed by atoms with Crippen LogP contribution in [0.3, 0.4) is 0 Å². The molecule has 170 valence electrons. The predicted octanol–water partition coefficient (Wildman–Crippen LogP) is -0.239. The Morgan fingerprint density at radius 1 is 1.19 bits per heavy atom. The van der Waals surface area contributed by atoms with Crippen LogP contribution in [0.25, 0.3) is 0 Å². The quantitative estimate of drug-likeness (QED) is 0.161. The highest BCUT2D eigenvalue weighted by Gasteiger charge is 2.24. The van der Waals surface area contributed by atoms with Crippen molar-refractivity contribution < 1.29 is 23.1 Å². The molecule has 0 radical (unpaired) electrons. The van der Waals surface area contributed by atoms with Crippen molar-refractivity contribution in [2.24, 2.45) is 17.2 Å². The maximum Gasteiger partial charge on any atom is 0.326 e. The Bertz CT molecular complexity index is 1010. The summed E-state index contributed by atoms with van der Waals surface area (Å²) in [5, 5.41) is 16.1. The van der Waals surface area contributed by atoms with Crippen molar-refractivity contribution in [3.8, 4) is 0 Å². The van der Waals surface area contributed by atoms with Gasteiger partial charge in [-0.25, -0.2) is 13.2 Å². The van der Waals surface area contributed by atoms with E-state index in [1.165, 1.54) is 23.6 Å². The second kappa shape index (κ2) is 11.2. The molecule has 1 aromatic heterocycles. The van der Waals surface area contributed by atoms with Crippen LogP contribution in [0.15, 0.2) is 40.6 Å². The summed E-state index contributed by atoms with van der Waals surface area (Å²) in [4.78, 5) is 24.2. The van der Waals surface area contributed by atoms with Crippen LogP contribution in [0.2, 0.25) is 0 Å². The number of thiophene rings is 1. The molecule has 0 spiro atoms. The van der Waals surface area contributed by atoms with E-state index in [9.17, 15) is 23.1 Å². The van der Waals surface area contributed by atoms with E-state index in [2.05, 4.69) is 15.4 Å². The molecule has 2 rings (SSSR count). The SMILES string of the molecule is NCc1cccc(S(=O)(=O)Nc2ccsc2C(=O)N[C@@H](CCCNC(N)N)C(=O)O)c1. The third-order valence-corrected chi connectivity index (χ3v) is 6.49. The fourth-order valence-corrected chi connectivity index (χ4v) is 4.62. The molecule has 1 atom stereocenters. The van der Waals surface area contributed by atoms with E-state index in [4.69, 9.17) is 17.2 Å². The van der Waals surface area contributed by atoms with Crippen LogP contribution in [-0.4, -0.2) is 44.3 Å². The normalized spacial score (nSPS) is 12.5. The number of nitrogens with one attached hydrogen (secondary N) is 3. The van der Waals surface area contributed by atoms with Crippen LogP contribution in [0.5, 0.6) is 0 Å². The van der Waals surface area contributed by atoms with Gasteiger partial charge in [-0.1, -0.05) is 12.1 Å². The molecule has 0 aliphatic carbocycles. The number of hydrogen-bond acceptors (Lipinski definition) is 9. The van der Waals surface area contributed by atoms with Crippen molar-refractivity contribution in [2.45, 2.75) is 36.6 Å². The molecule has 10 N–H and O–H groups in total. The van der Waals surface area contributed by atoms with Crippen LogP contribution in [0.4, 0.5) is 5.69 Å². The van der Waals surface area contributed by atoms with E-state index in [0.717, 1.165) is 11.3 Å². The number of sulfonamides is 1. The van der Waals surface area contributed by atoms with E-state index in [1.54, 1.807) is 12.1 Å². The Morgan fingerprint density at radius 2 is 1.94 bits per heavy atom. The highest BCUT2D eigenvalue weighted by molar-refractivity contribution is 7.92. The first kappa shape index (κ1) is 24.7. The average molecular weight is 471 g/mol. The van der Waals surface area contributed by atoms with Crippen molar-refractivity contribution >= 4 is 38.9 Å². The lowest BCUT2D eigenvalue weighted by molar-refractivity contribution is -0.139. The molecule has 1 amide bonds. The molecule has 2 aromatic rings. The van der Waals surface area contributed by atoms with E-state index in [1.807, 2.05) is 0 Å². The minimum Gasteiger partial charge on any atom is -0.480 e. The van der Waals surface area contributed by atoms with Crippen molar-refractivity contribution in [3.05, 3.63) is 46.2 Å². The number of nitrogens with two attached hydrogens (primary N) is 3. The largest absolute Gasteiger partial charge is 0.480 e. The average Bonchev–Trinajstić information content (AvgIpc) is 3.17. The Hall–Kier alpha value is -2.55. The zero-order chi connectivity index (χ0) is 23.0. The molecule has 13 heteroatoms. The highest BCUT2D eigenvalue weighted by atomic mass is 32.2. The van der Waals surface area contributed by atoms with Crippen LogP contribution in [-0.2, 0) is 21.4 Å². The second-order valence-corrected chi connectivity index (χ2v) is 9.21. The summed E-state index contributed by atoms with van der Waals surface area (Å²) in [7, 11) is -3.97. The number of aliphatic carboxylic acids is 1. The molecule has 0 saturated carbocycles.